The minimum atomic E-state index is -0.671. The van der Waals surface area contributed by atoms with E-state index in [0.29, 0.717) is 11.3 Å². The van der Waals surface area contributed by atoms with Crippen LogP contribution in [0, 0.1) is 0 Å². The maximum atomic E-state index is 12.0. The van der Waals surface area contributed by atoms with Gasteiger partial charge in [-0.25, -0.2) is 0 Å². The maximum Gasteiger partial charge on any atom is 0.313 e. The molecular formula is C16H16O6. The van der Waals surface area contributed by atoms with Gasteiger partial charge in [0.25, 0.3) is 0 Å². The van der Waals surface area contributed by atoms with Crippen molar-refractivity contribution in [3.8, 4) is 5.75 Å². The van der Waals surface area contributed by atoms with Crippen molar-refractivity contribution < 1.29 is 28.7 Å². The van der Waals surface area contributed by atoms with Crippen LogP contribution in [-0.4, -0.2) is 36.5 Å². The molecule has 2 rings (SSSR count). The van der Waals surface area contributed by atoms with Crippen molar-refractivity contribution in [2.24, 2.45) is 0 Å². The molecule has 1 atom stereocenters. The number of hydrogen-bond acceptors (Lipinski definition) is 6. The van der Waals surface area contributed by atoms with Crippen LogP contribution in [0.4, 0.5) is 0 Å². The zero-order valence-corrected chi connectivity index (χ0v) is 12.2. The Hall–Kier alpha value is -2.50. The fourth-order valence-electron chi connectivity index (χ4n) is 2.29. The lowest BCUT2D eigenvalue weighted by atomic mass is 9.96. The van der Waals surface area contributed by atoms with E-state index in [1.807, 2.05) is 0 Å². The molecule has 116 valence electrons. The average Bonchev–Trinajstić information content (AvgIpc) is 2.46. The molecule has 1 aromatic rings. The van der Waals surface area contributed by atoms with E-state index < -0.39 is 24.3 Å². The van der Waals surface area contributed by atoms with Crippen LogP contribution in [0.25, 0.3) is 0 Å². The van der Waals surface area contributed by atoms with Gasteiger partial charge in [-0.1, -0.05) is 12.1 Å². The molecule has 0 aromatic heterocycles. The van der Waals surface area contributed by atoms with E-state index in [9.17, 15) is 19.2 Å². The van der Waals surface area contributed by atoms with Crippen LogP contribution in [-0.2, 0) is 19.1 Å². The van der Waals surface area contributed by atoms with Gasteiger partial charge in [0.05, 0.1) is 19.1 Å². The molecule has 6 nitrogen and oxygen atoms in total. The smallest absolute Gasteiger partial charge is 0.313 e. The van der Waals surface area contributed by atoms with E-state index in [1.54, 1.807) is 24.3 Å². The van der Waals surface area contributed by atoms with Crippen molar-refractivity contribution in [2.75, 3.05) is 7.11 Å². The first kappa shape index (κ1) is 15.9. The van der Waals surface area contributed by atoms with Gasteiger partial charge in [0.2, 0.25) is 0 Å². The van der Waals surface area contributed by atoms with E-state index in [2.05, 4.69) is 4.74 Å². The molecule has 1 aliphatic heterocycles. The molecule has 6 heteroatoms. The number of Topliss-reactive ketones (excluding diaryl/α,β-unsaturated/α-hetero) is 3. The Morgan fingerprint density at radius 2 is 1.91 bits per heavy atom. The van der Waals surface area contributed by atoms with E-state index in [1.165, 1.54) is 7.11 Å². The molecule has 0 saturated heterocycles. The average molecular weight is 304 g/mol. The summed E-state index contributed by atoms with van der Waals surface area (Å²) in [7, 11) is 1.18. The Bertz CT molecular complexity index is 619. The summed E-state index contributed by atoms with van der Waals surface area (Å²) in [5, 5.41) is 0. The highest BCUT2D eigenvalue weighted by Crippen LogP contribution is 2.28. The number of hydrogen-bond donors (Lipinski definition) is 0. The van der Waals surface area contributed by atoms with Crippen molar-refractivity contribution in [1.29, 1.82) is 0 Å². The molecule has 0 fully saturated rings. The fraction of sp³-hybridized carbons (Fsp3) is 0.375. The Labute approximate surface area is 127 Å². The Balaban J connectivity index is 1.90. The van der Waals surface area contributed by atoms with E-state index in [4.69, 9.17) is 4.74 Å². The van der Waals surface area contributed by atoms with Crippen LogP contribution in [0.2, 0.25) is 0 Å². The van der Waals surface area contributed by atoms with Crippen molar-refractivity contribution in [3.63, 3.8) is 0 Å². The van der Waals surface area contributed by atoms with Crippen molar-refractivity contribution >= 4 is 23.3 Å². The third-order valence-electron chi connectivity index (χ3n) is 3.31. The molecule has 1 aromatic carbocycles. The van der Waals surface area contributed by atoms with E-state index >= 15 is 0 Å². The van der Waals surface area contributed by atoms with Gasteiger partial charge in [0.15, 0.2) is 11.6 Å². The van der Waals surface area contributed by atoms with E-state index in [-0.39, 0.29) is 30.8 Å². The number of ketones is 3. The normalized spacial score (nSPS) is 16.4. The predicted octanol–water partition coefficient (Wildman–Crippen LogP) is 1.50. The highest BCUT2D eigenvalue weighted by atomic mass is 16.5. The standard InChI is InChI=1S/C16H16O6/c1-21-16(20)8-11(18)6-10(17)7-12-9-14(19)13-4-2-3-5-15(13)22-12/h2-5,12H,6-9H2,1H3. The largest absolute Gasteiger partial charge is 0.489 e. The molecule has 0 saturated carbocycles. The fourth-order valence-corrected chi connectivity index (χ4v) is 2.29. The molecule has 22 heavy (non-hydrogen) atoms. The first-order valence-electron chi connectivity index (χ1n) is 6.88. The Kier molecular flexibility index (Phi) is 5.04. The molecule has 0 spiro atoms. The SMILES string of the molecule is COC(=O)CC(=O)CC(=O)CC1CC(=O)c2ccccc2O1. The van der Waals surface area contributed by atoms with Gasteiger partial charge < -0.3 is 9.47 Å². The van der Waals surface area contributed by atoms with Crippen molar-refractivity contribution in [2.45, 2.75) is 31.8 Å². The summed E-state index contributed by atoms with van der Waals surface area (Å²) < 4.78 is 9.98. The number of methoxy groups -OCH3 is 1. The second kappa shape index (κ2) is 6.98. The molecule has 0 aliphatic carbocycles. The second-order valence-corrected chi connectivity index (χ2v) is 5.07. The summed E-state index contributed by atoms with van der Waals surface area (Å²) in [6.07, 6.45) is -1.28. The minimum Gasteiger partial charge on any atom is -0.489 e. The number of esters is 1. The van der Waals surface area contributed by atoms with Crippen molar-refractivity contribution in [3.05, 3.63) is 29.8 Å². The number of carbonyl (C=O) groups excluding carboxylic acids is 4. The van der Waals surface area contributed by atoms with Crippen LogP contribution in [0.15, 0.2) is 24.3 Å². The van der Waals surface area contributed by atoms with Crippen LogP contribution >= 0.6 is 0 Å². The lowest BCUT2D eigenvalue weighted by Crippen LogP contribution is -2.29. The Morgan fingerprint density at radius 1 is 1.18 bits per heavy atom. The van der Waals surface area contributed by atoms with Crippen molar-refractivity contribution in [1.82, 2.24) is 0 Å². The summed E-state index contributed by atoms with van der Waals surface area (Å²) in [6, 6.07) is 6.84. The van der Waals surface area contributed by atoms with Gasteiger partial charge in [0.1, 0.15) is 24.1 Å². The molecule has 1 heterocycles. The number of ether oxygens (including phenoxy) is 2. The molecule has 0 amide bonds. The maximum absolute atomic E-state index is 12.0. The molecular weight excluding hydrogens is 288 g/mol. The van der Waals surface area contributed by atoms with Crippen LogP contribution < -0.4 is 4.74 Å². The summed E-state index contributed by atoms with van der Waals surface area (Å²) in [5.74, 6) is -1.15. The summed E-state index contributed by atoms with van der Waals surface area (Å²) in [4.78, 5) is 46.3. The molecule has 1 aliphatic rings. The summed E-state index contributed by atoms with van der Waals surface area (Å²) >= 11 is 0. The monoisotopic (exact) mass is 304 g/mol. The number of rotatable bonds is 6. The summed E-state index contributed by atoms with van der Waals surface area (Å²) in [5.41, 5.74) is 0.507. The highest BCUT2D eigenvalue weighted by molar-refractivity contribution is 6.06. The van der Waals surface area contributed by atoms with Crippen LogP contribution in [0.5, 0.6) is 5.75 Å². The highest BCUT2D eigenvalue weighted by Gasteiger charge is 2.28. The number of fused-ring (bicyclic) bond motifs is 1. The molecule has 0 bridgehead atoms. The third kappa shape index (κ3) is 4.00. The molecule has 0 radical (unpaired) electrons. The first-order chi connectivity index (χ1) is 10.5. The van der Waals surface area contributed by atoms with Gasteiger partial charge in [0, 0.05) is 12.8 Å². The van der Waals surface area contributed by atoms with Gasteiger partial charge in [-0.05, 0) is 12.1 Å². The van der Waals surface area contributed by atoms with Gasteiger partial charge >= 0.3 is 5.97 Å². The third-order valence-corrected chi connectivity index (χ3v) is 3.31. The quantitative estimate of drug-likeness (QED) is 0.585. The first-order valence-corrected chi connectivity index (χ1v) is 6.88. The number of para-hydroxylation sites is 1. The van der Waals surface area contributed by atoms with Crippen LogP contribution in [0.3, 0.4) is 0 Å². The molecule has 0 N–H and O–H groups in total. The Morgan fingerprint density at radius 3 is 2.64 bits per heavy atom. The summed E-state index contributed by atoms with van der Waals surface area (Å²) in [6.45, 7) is 0. The lowest BCUT2D eigenvalue weighted by molar-refractivity contribution is -0.143. The topological polar surface area (TPSA) is 86.7 Å². The zero-order valence-electron chi connectivity index (χ0n) is 12.2. The minimum absolute atomic E-state index is 0.0347. The van der Waals surface area contributed by atoms with E-state index in [0.717, 1.165) is 0 Å². The lowest BCUT2D eigenvalue weighted by Gasteiger charge is -2.24. The zero-order chi connectivity index (χ0) is 16.1. The second-order valence-electron chi connectivity index (χ2n) is 5.07. The molecule has 1 unspecified atom stereocenters. The number of carbonyl (C=O) groups is 4. The van der Waals surface area contributed by atoms with Gasteiger partial charge in [-0.2, -0.15) is 0 Å². The van der Waals surface area contributed by atoms with Gasteiger partial charge in [-0.15, -0.1) is 0 Å². The van der Waals surface area contributed by atoms with Gasteiger partial charge in [-0.3, -0.25) is 19.2 Å². The predicted molar refractivity (Wildman–Crippen MR) is 75.7 cm³/mol. The number of benzene rings is 1. The van der Waals surface area contributed by atoms with Crippen LogP contribution in [0.1, 0.15) is 36.0 Å².